The predicted molar refractivity (Wildman–Crippen MR) is 128 cm³/mol. The molecule has 178 valence electrons. The molecule has 2 aliphatic rings. The summed E-state index contributed by atoms with van der Waals surface area (Å²) in [5, 5.41) is 3.02. The fourth-order valence-corrected chi connectivity index (χ4v) is 4.52. The number of carbonyl (C=O) groups excluding carboxylic acids is 3. The van der Waals surface area contributed by atoms with Crippen LogP contribution in [0.25, 0.3) is 0 Å². The zero-order chi connectivity index (χ0) is 24.1. The molecule has 0 bridgehead atoms. The Kier molecular flexibility index (Phi) is 8.49. The van der Waals surface area contributed by atoms with Gasteiger partial charge in [-0.3, -0.25) is 9.59 Å². The van der Waals surface area contributed by atoms with Gasteiger partial charge in [-0.05, 0) is 69.6 Å². The highest BCUT2D eigenvalue weighted by Gasteiger charge is 2.48. The van der Waals surface area contributed by atoms with Gasteiger partial charge in [-0.15, -0.1) is 0 Å². The van der Waals surface area contributed by atoms with Crippen LogP contribution < -0.4 is 5.32 Å². The Morgan fingerprint density at radius 1 is 1.19 bits per heavy atom. The van der Waals surface area contributed by atoms with E-state index in [4.69, 9.17) is 4.74 Å². The number of fused-ring (bicyclic) bond motifs is 2. The Morgan fingerprint density at radius 2 is 1.81 bits per heavy atom. The summed E-state index contributed by atoms with van der Waals surface area (Å²) in [6, 6.07) is 6.23. The Bertz CT molecular complexity index is 831. The number of hydrogen-bond acceptors (Lipinski definition) is 4. The molecule has 0 aromatic heterocycles. The summed E-state index contributed by atoms with van der Waals surface area (Å²) < 4.78 is 5.44. The van der Waals surface area contributed by atoms with Crippen LogP contribution in [0.1, 0.15) is 97.1 Å². The maximum absolute atomic E-state index is 12.8. The molecule has 6 nitrogen and oxygen atoms in total. The first-order valence-corrected chi connectivity index (χ1v) is 12.0. The second kappa shape index (κ2) is 10.5. The highest BCUT2D eigenvalue weighted by atomic mass is 16.6. The number of benzene rings is 1. The fourth-order valence-electron chi connectivity index (χ4n) is 4.52. The van der Waals surface area contributed by atoms with Crippen molar-refractivity contribution in [3.8, 4) is 0 Å². The van der Waals surface area contributed by atoms with Gasteiger partial charge in [0.25, 0.3) is 0 Å². The molecular formula is C26H40N2O4. The largest absolute Gasteiger partial charge is 0.444 e. The minimum Gasteiger partial charge on any atom is -0.444 e. The fraction of sp³-hybridized carbons (Fsp3) is 0.654. The molecule has 1 aromatic carbocycles. The minimum absolute atomic E-state index is 0.0276. The molecule has 1 fully saturated rings. The molecule has 0 radical (unpaired) electrons. The van der Waals surface area contributed by atoms with Gasteiger partial charge in [0.1, 0.15) is 11.4 Å². The molecule has 1 saturated carbocycles. The summed E-state index contributed by atoms with van der Waals surface area (Å²) in [4.78, 5) is 38.4. The van der Waals surface area contributed by atoms with Crippen LogP contribution in [0, 0.1) is 0 Å². The first-order chi connectivity index (χ1) is 15.1. The maximum Gasteiger partial charge on any atom is 0.410 e. The zero-order valence-electron chi connectivity index (χ0n) is 20.8. The van der Waals surface area contributed by atoms with Crippen molar-refractivity contribution in [3.63, 3.8) is 0 Å². The number of nitrogens with one attached hydrogen (secondary N) is 1. The number of ketones is 1. The number of Topliss-reactive ketones (excluding diaryl/α,β-unsaturated/α-hetero) is 1. The smallest absolute Gasteiger partial charge is 0.410 e. The van der Waals surface area contributed by atoms with Crippen LogP contribution in [-0.4, -0.2) is 41.9 Å². The van der Waals surface area contributed by atoms with Crippen LogP contribution in [0.5, 0.6) is 0 Å². The van der Waals surface area contributed by atoms with Crippen LogP contribution in [0.4, 0.5) is 10.5 Å². The number of nitrogens with zero attached hydrogens (tertiary/aromatic N) is 1. The lowest BCUT2D eigenvalue weighted by molar-refractivity contribution is -0.126. The van der Waals surface area contributed by atoms with E-state index in [1.807, 2.05) is 40.7 Å². The van der Waals surface area contributed by atoms with E-state index in [1.54, 1.807) is 11.9 Å². The minimum atomic E-state index is -0.565. The number of amides is 2. The molecule has 6 heteroatoms. The number of hydrogen-bond donors (Lipinski definition) is 1. The van der Waals surface area contributed by atoms with E-state index in [9.17, 15) is 14.4 Å². The molecule has 2 amide bonds. The second-order valence-electron chi connectivity index (χ2n) is 9.68. The van der Waals surface area contributed by atoms with Crippen LogP contribution in [0.15, 0.2) is 18.2 Å². The van der Waals surface area contributed by atoms with Crippen LogP contribution in [-0.2, 0) is 19.7 Å². The summed E-state index contributed by atoms with van der Waals surface area (Å²) in [5.74, 6) is 0.549. The van der Waals surface area contributed by atoms with Crippen LogP contribution in [0.3, 0.4) is 0 Å². The molecule has 1 spiro atoms. The maximum atomic E-state index is 12.8. The van der Waals surface area contributed by atoms with E-state index in [0.29, 0.717) is 32.2 Å². The van der Waals surface area contributed by atoms with Gasteiger partial charge in [0.05, 0.1) is 5.41 Å². The molecule has 0 saturated heterocycles. The van der Waals surface area contributed by atoms with E-state index < -0.39 is 11.0 Å². The van der Waals surface area contributed by atoms with Gasteiger partial charge in [-0.2, -0.15) is 0 Å². The lowest BCUT2D eigenvalue weighted by Gasteiger charge is -2.31. The summed E-state index contributed by atoms with van der Waals surface area (Å²) >= 11 is 0. The lowest BCUT2D eigenvalue weighted by Crippen LogP contribution is -2.38. The van der Waals surface area contributed by atoms with Crippen molar-refractivity contribution >= 4 is 23.5 Å². The van der Waals surface area contributed by atoms with Gasteiger partial charge in [0.2, 0.25) is 5.91 Å². The number of anilines is 1. The summed E-state index contributed by atoms with van der Waals surface area (Å²) in [7, 11) is 1.76. The highest BCUT2D eigenvalue weighted by Crippen LogP contribution is 2.47. The van der Waals surface area contributed by atoms with E-state index in [0.717, 1.165) is 24.1 Å². The Balaban J connectivity index is 0.00000176. The molecule has 1 heterocycles. The number of ether oxygens (including phenoxy) is 1. The van der Waals surface area contributed by atoms with Crippen molar-refractivity contribution in [1.29, 1.82) is 0 Å². The first-order valence-electron chi connectivity index (χ1n) is 12.0. The third-order valence-corrected chi connectivity index (χ3v) is 6.39. The van der Waals surface area contributed by atoms with Gasteiger partial charge in [-0.25, -0.2) is 4.79 Å². The molecule has 1 aliphatic carbocycles. The molecular weight excluding hydrogens is 404 g/mol. The molecule has 32 heavy (non-hydrogen) atoms. The monoisotopic (exact) mass is 444 g/mol. The van der Waals surface area contributed by atoms with Crippen molar-refractivity contribution in [2.75, 3.05) is 18.9 Å². The Hall–Kier alpha value is -2.37. The predicted octanol–water partition coefficient (Wildman–Crippen LogP) is 5.80. The second-order valence-corrected chi connectivity index (χ2v) is 9.68. The molecule has 1 unspecified atom stereocenters. The van der Waals surface area contributed by atoms with Crippen molar-refractivity contribution in [2.24, 2.45) is 0 Å². The van der Waals surface area contributed by atoms with Gasteiger partial charge < -0.3 is 15.0 Å². The van der Waals surface area contributed by atoms with Gasteiger partial charge >= 0.3 is 6.09 Å². The molecule has 1 aromatic rings. The van der Waals surface area contributed by atoms with Gasteiger partial charge in [-0.1, -0.05) is 32.9 Å². The van der Waals surface area contributed by atoms with Crippen LogP contribution in [0.2, 0.25) is 0 Å². The summed E-state index contributed by atoms with van der Waals surface area (Å²) in [6.45, 7) is 12.3. The quantitative estimate of drug-likeness (QED) is 0.623. The van der Waals surface area contributed by atoms with E-state index >= 15 is 0 Å². The highest BCUT2D eigenvalue weighted by molar-refractivity contribution is 6.07. The molecule has 1 atom stereocenters. The lowest BCUT2D eigenvalue weighted by atomic mass is 9.69. The third-order valence-electron chi connectivity index (χ3n) is 6.39. The molecule has 3 rings (SSSR count). The zero-order valence-corrected chi connectivity index (χ0v) is 20.8. The first kappa shape index (κ1) is 25.9. The topological polar surface area (TPSA) is 75.7 Å². The van der Waals surface area contributed by atoms with Crippen molar-refractivity contribution < 1.29 is 19.1 Å². The van der Waals surface area contributed by atoms with Crippen molar-refractivity contribution in [2.45, 2.75) is 97.0 Å². The third kappa shape index (κ3) is 5.70. The van der Waals surface area contributed by atoms with Gasteiger partial charge in [0, 0.05) is 32.1 Å². The Morgan fingerprint density at radius 3 is 2.38 bits per heavy atom. The summed E-state index contributed by atoms with van der Waals surface area (Å²) in [5.41, 5.74) is 2.02. The van der Waals surface area contributed by atoms with E-state index in [2.05, 4.69) is 24.4 Å². The van der Waals surface area contributed by atoms with Crippen molar-refractivity contribution in [3.05, 3.63) is 29.3 Å². The number of rotatable bonds is 5. The van der Waals surface area contributed by atoms with E-state index in [1.165, 1.54) is 5.56 Å². The van der Waals surface area contributed by atoms with Crippen LogP contribution >= 0.6 is 0 Å². The van der Waals surface area contributed by atoms with Crippen molar-refractivity contribution in [1.82, 2.24) is 4.90 Å². The standard InChI is InChI=1S/C24H34N2O4.C2H6/c1-6-16(11-14-26(5)22(29)30-23(2,3)4)17-7-8-20-19(15-17)24(21(28)25-20)12-9-18(27)10-13-24;1-2/h7-8,15-16H,6,9-14H2,1-5H3,(H,25,28);1-2H3. The Labute approximate surface area is 193 Å². The van der Waals surface area contributed by atoms with Gasteiger partial charge in [0.15, 0.2) is 0 Å². The van der Waals surface area contributed by atoms with E-state index in [-0.39, 0.29) is 23.7 Å². The average Bonchev–Trinajstić information content (AvgIpc) is 3.01. The summed E-state index contributed by atoms with van der Waals surface area (Å²) in [6.07, 6.45) is 3.56. The SMILES string of the molecule is CC.CCC(CCN(C)C(=O)OC(C)(C)C)c1ccc2c(c1)C1(CCC(=O)CC1)C(=O)N2. The normalized spacial score (nSPS) is 17.7. The molecule has 1 aliphatic heterocycles. The average molecular weight is 445 g/mol. The number of carbonyl (C=O) groups is 3. The molecule has 1 N–H and O–H groups in total.